The lowest BCUT2D eigenvalue weighted by atomic mass is 9.87. The van der Waals surface area contributed by atoms with Crippen LogP contribution < -0.4 is 19.5 Å². The number of nitrogens with zero attached hydrogens (tertiary/aromatic N) is 2. The molecule has 2 atom stereocenters. The van der Waals surface area contributed by atoms with Gasteiger partial charge in [-0.05, 0) is 54.7 Å². The van der Waals surface area contributed by atoms with Gasteiger partial charge in [0.2, 0.25) is 5.91 Å². The number of carbonyl (C=O) groups is 3. The highest BCUT2D eigenvalue weighted by Gasteiger charge is 2.52. The highest BCUT2D eigenvalue weighted by atomic mass is 16.6. The molecule has 4 amide bonds. The van der Waals surface area contributed by atoms with Gasteiger partial charge in [0.1, 0.15) is 31.0 Å². The highest BCUT2D eigenvalue weighted by Crippen LogP contribution is 2.39. The fraction of sp³-hybridized carbons (Fsp3) is 0.423. The molecule has 2 aromatic carbocycles. The second-order valence-corrected chi connectivity index (χ2v) is 8.96. The van der Waals surface area contributed by atoms with Crippen LogP contribution in [0.4, 0.5) is 4.79 Å². The summed E-state index contributed by atoms with van der Waals surface area (Å²) in [5, 5.41) is 2.84. The SMILES string of the molecule is CC[C@@]1(c2ccc(OC)cc2)NC(=O)N(CC(=O)N2CCCC2c2ccc3c(c2)OCCO3)C1=O. The van der Waals surface area contributed by atoms with E-state index in [0.29, 0.717) is 49.0 Å². The summed E-state index contributed by atoms with van der Waals surface area (Å²) in [7, 11) is 1.57. The molecule has 5 rings (SSSR count). The number of hydrogen-bond acceptors (Lipinski definition) is 6. The van der Waals surface area contributed by atoms with Gasteiger partial charge < -0.3 is 24.4 Å². The predicted octanol–water partition coefficient (Wildman–Crippen LogP) is 2.99. The molecule has 0 bridgehead atoms. The number of imide groups is 1. The van der Waals surface area contributed by atoms with Crippen LogP contribution >= 0.6 is 0 Å². The maximum Gasteiger partial charge on any atom is 0.325 e. The Morgan fingerprint density at radius 3 is 2.57 bits per heavy atom. The first-order valence-corrected chi connectivity index (χ1v) is 11.9. The number of hydrogen-bond donors (Lipinski definition) is 1. The molecule has 0 spiro atoms. The molecule has 0 saturated carbocycles. The number of methoxy groups -OCH3 is 1. The van der Waals surface area contributed by atoms with Crippen LogP contribution in [0.15, 0.2) is 42.5 Å². The third-order valence-electron chi connectivity index (χ3n) is 7.11. The maximum atomic E-state index is 13.5. The molecule has 3 heterocycles. The number of ether oxygens (including phenoxy) is 3. The summed E-state index contributed by atoms with van der Waals surface area (Å²) >= 11 is 0. The van der Waals surface area contributed by atoms with Crippen LogP contribution in [-0.2, 0) is 15.1 Å². The van der Waals surface area contributed by atoms with E-state index in [-0.39, 0.29) is 18.5 Å². The fourth-order valence-electron chi connectivity index (χ4n) is 5.19. The molecule has 0 aliphatic carbocycles. The molecule has 1 N–H and O–H groups in total. The van der Waals surface area contributed by atoms with Gasteiger partial charge in [0, 0.05) is 6.54 Å². The predicted molar refractivity (Wildman–Crippen MR) is 126 cm³/mol. The van der Waals surface area contributed by atoms with Gasteiger partial charge >= 0.3 is 6.03 Å². The zero-order chi connectivity index (χ0) is 24.6. The normalized spacial score (nSPS) is 23.4. The summed E-state index contributed by atoms with van der Waals surface area (Å²) < 4.78 is 16.5. The number of nitrogens with one attached hydrogen (secondary N) is 1. The van der Waals surface area contributed by atoms with E-state index in [1.165, 1.54) is 0 Å². The van der Waals surface area contributed by atoms with Gasteiger partial charge in [-0.25, -0.2) is 4.79 Å². The Kier molecular flexibility index (Phi) is 6.00. The van der Waals surface area contributed by atoms with E-state index in [9.17, 15) is 14.4 Å². The molecule has 9 nitrogen and oxygen atoms in total. The van der Waals surface area contributed by atoms with E-state index in [2.05, 4.69) is 5.32 Å². The van der Waals surface area contributed by atoms with Crippen molar-refractivity contribution in [3.8, 4) is 17.2 Å². The van der Waals surface area contributed by atoms with Crippen molar-refractivity contribution in [3.05, 3.63) is 53.6 Å². The number of benzene rings is 2. The van der Waals surface area contributed by atoms with Gasteiger partial charge in [-0.15, -0.1) is 0 Å². The summed E-state index contributed by atoms with van der Waals surface area (Å²) in [4.78, 5) is 42.5. The van der Waals surface area contributed by atoms with Gasteiger partial charge in [0.05, 0.1) is 13.2 Å². The molecule has 2 aromatic rings. The van der Waals surface area contributed by atoms with Gasteiger partial charge in [-0.1, -0.05) is 25.1 Å². The van der Waals surface area contributed by atoms with Crippen LogP contribution in [0.25, 0.3) is 0 Å². The number of likely N-dealkylation sites (tertiary alicyclic amines) is 1. The highest BCUT2D eigenvalue weighted by molar-refractivity contribution is 6.09. The first-order chi connectivity index (χ1) is 17.0. The Labute approximate surface area is 203 Å². The van der Waals surface area contributed by atoms with Crippen molar-refractivity contribution < 1.29 is 28.6 Å². The molecule has 1 unspecified atom stereocenters. The smallest absolute Gasteiger partial charge is 0.325 e. The van der Waals surface area contributed by atoms with Crippen LogP contribution in [0.5, 0.6) is 17.2 Å². The van der Waals surface area contributed by atoms with Crippen LogP contribution in [0.1, 0.15) is 43.4 Å². The second kappa shape index (κ2) is 9.13. The number of carbonyl (C=O) groups excluding carboxylic acids is 3. The van der Waals surface area contributed by atoms with Crippen molar-refractivity contribution >= 4 is 17.8 Å². The van der Waals surface area contributed by atoms with E-state index in [1.54, 1.807) is 36.3 Å². The lowest BCUT2D eigenvalue weighted by molar-refractivity contribution is -0.139. The average Bonchev–Trinajstić information content (AvgIpc) is 3.48. The number of amides is 4. The third kappa shape index (κ3) is 3.94. The van der Waals surface area contributed by atoms with Crippen LogP contribution in [0.2, 0.25) is 0 Å². The molecule has 3 aliphatic heterocycles. The summed E-state index contributed by atoms with van der Waals surface area (Å²) in [6.07, 6.45) is 2.00. The first-order valence-electron chi connectivity index (χ1n) is 11.9. The zero-order valence-corrected chi connectivity index (χ0v) is 19.9. The second-order valence-electron chi connectivity index (χ2n) is 8.96. The van der Waals surface area contributed by atoms with Crippen molar-refractivity contribution in [3.63, 3.8) is 0 Å². The van der Waals surface area contributed by atoms with Crippen LogP contribution in [0.3, 0.4) is 0 Å². The van der Waals surface area contributed by atoms with Gasteiger partial charge in [-0.2, -0.15) is 0 Å². The molecule has 9 heteroatoms. The van der Waals surface area contributed by atoms with Gasteiger partial charge in [0.15, 0.2) is 11.5 Å². The minimum atomic E-state index is -1.20. The number of fused-ring (bicyclic) bond motifs is 1. The fourth-order valence-corrected chi connectivity index (χ4v) is 5.19. The Bertz CT molecular complexity index is 1150. The monoisotopic (exact) mass is 479 g/mol. The standard InChI is InChI=1S/C26H29N3O6/c1-3-26(18-7-9-19(33-2)10-8-18)24(31)29(25(32)27-26)16-23(30)28-12-4-5-20(28)17-6-11-21-22(15-17)35-14-13-34-21/h6-11,15,20H,3-5,12-14,16H2,1-2H3,(H,27,32)/t20?,26-/m0/s1. The van der Waals surface area contributed by atoms with Crippen molar-refractivity contribution in [2.75, 3.05) is 33.4 Å². The lowest BCUT2D eigenvalue weighted by Gasteiger charge is -2.28. The third-order valence-corrected chi connectivity index (χ3v) is 7.11. The van der Waals surface area contributed by atoms with Crippen LogP contribution in [-0.4, -0.2) is 61.1 Å². The van der Waals surface area contributed by atoms with Crippen molar-refractivity contribution in [2.24, 2.45) is 0 Å². The molecule has 0 aromatic heterocycles. The van der Waals surface area contributed by atoms with E-state index in [4.69, 9.17) is 14.2 Å². The summed E-state index contributed by atoms with van der Waals surface area (Å²) in [6, 6.07) is 12.1. The van der Waals surface area contributed by atoms with E-state index >= 15 is 0 Å². The maximum absolute atomic E-state index is 13.5. The topological polar surface area (TPSA) is 97.4 Å². The largest absolute Gasteiger partial charge is 0.497 e. The molecule has 2 fully saturated rings. The molecule has 184 valence electrons. The lowest BCUT2D eigenvalue weighted by Crippen LogP contribution is -2.45. The molecular formula is C26H29N3O6. The first kappa shape index (κ1) is 23.0. The Morgan fingerprint density at radius 2 is 1.86 bits per heavy atom. The van der Waals surface area contributed by atoms with Crippen LogP contribution in [0, 0.1) is 0 Å². The average molecular weight is 480 g/mol. The van der Waals surface area contributed by atoms with Gasteiger partial charge in [0.25, 0.3) is 5.91 Å². The Morgan fingerprint density at radius 1 is 1.11 bits per heavy atom. The van der Waals surface area contributed by atoms with Crippen molar-refractivity contribution in [1.29, 1.82) is 0 Å². The number of urea groups is 1. The Balaban J connectivity index is 1.34. The van der Waals surface area contributed by atoms with E-state index in [1.807, 2.05) is 25.1 Å². The number of rotatable bonds is 6. The van der Waals surface area contributed by atoms with E-state index in [0.717, 1.165) is 23.3 Å². The minimum Gasteiger partial charge on any atom is -0.497 e. The zero-order valence-electron chi connectivity index (χ0n) is 19.9. The molecule has 35 heavy (non-hydrogen) atoms. The molecule has 0 radical (unpaired) electrons. The van der Waals surface area contributed by atoms with Crippen molar-refractivity contribution in [1.82, 2.24) is 15.1 Å². The van der Waals surface area contributed by atoms with E-state index < -0.39 is 17.5 Å². The molecule has 2 saturated heterocycles. The van der Waals surface area contributed by atoms with Crippen molar-refractivity contribution in [2.45, 2.75) is 37.8 Å². The summed E-state index contributed by atoms with van der Waals surface area (Å²) in [5.41, 5.74) is 0.409. The van der Waals surface area contributed by atoms with Gasteiger partial charge in [-0.3, -0.25) is 14.5 Å². The summed E-state index contributed by atoms with van der Waals surface area (Å²) in [5.74, 6) is 1.35. The Hall–Kier alpha value is -3.75. The molecule has 3 aliphatic rings. The summed E-state index contributed by atoms with van der Waals surface area (Å²) in [6.45, 7) is 3.11. The quantitative estimate of drug-likeness (QED) is 0.640. The minimum absolute atomic E-state index is 0.142. The molecular weight excluding hydrogens is 450 g/mol.